The molecule has 4 rings (SSSR count). The molecule has 1 amide bonds. The SMILES string of the molecule is COc1ccc(-c2ccc3c(c2)CCN(CC(=O)N2CCN(C(C)C)CC2)C3)cc1. The van der Waals surface area contributed by atoms with Gasteiger partial charge < -0.3 is 9.64 Å². The van der Waals surface area contributed by atoms with Gasteiger partial charge in [-0.1, -0.05) is 30.3 Å². The van der Waals surface area contributed by atoms with E-state index in [1.807, 2.05) is 17.0 Å². The van der Waals surface area contributed by atoms with Crippen molar-refractivity contribution in [1.82, 2.24) is 14.7 Å². The van der Waals surface area contributed by atoms with Crippen LogP contribution in [0.3, 0.4) is 0 Å². The van der Waals surface area contributed by atoms with Crippen molar-refractivity contribution in [2.24, 2.45) is 0 Å². The van der Waals surface area contributed by atoms with Crippen LogP contribution in [-0.4, -0.2) is 73.0 Å². The molecule has 0 unspecified atom stereocenters. The van der Waals surface area contributed by atoms with Crippen LogP contribution in [0.25, 0.3) is 11.1 Å². The highest BCUT2D eigenvalue weighted by atomic mass is 16.5. The molecule has 2 aromatic rings. The minimum absolute atomic E-state index is 0.275. The quantitative estimate of drug-likeness (QED) is 0.762. The van der Waals surface area contributed by atoms with Crippen molar-refractivity contribution in [3.63, 3.8) is 0 Å². The van der Waals surface area contributed by atoms with Crippen LogP contribution in [0.2, 0.25) is 0 Å². The van der Waals surface area contributed by atoms with Crippen molar-refractivity contribution < 1.29 is 9.53 Å². The number of carbonyl (C=O) groups excluding carboxylic acids is 1. The average Bonchev–Trinajstić information content (AvgIpc) is 2.79. The Balaban J connectivity index is 1.35. The first-order chi connectivity index (χ1) is 14.5. The van der Waals surface area contributed by atoms with E-state index in [9.17, 15) is 4.79 Å². The van der Waals surface area contributed by atoms with Gasteiger partial charge in [-0.15, -0.1) is 0 Å². The highest BCUT2D eigenvalue weighted by molar-refractivity contribution is 5.78. The Morgan fingerprint density at radius 3 is 2.30 bits per heavy atom. The Kier molecular flexibility index (Phi) is 6.40. The van der Waals surface area contributed by atoms with Crippen LogP contribution in [0.4, 0.5) is 0 Å². The average molecular weight is 408 g/mol. The molecule has 30 heavy (non-hydrogen) atoms. The molecule has 0 atom stereocenters. The number of rotatable bonds is 5. The Hall–Kier alpha value is -2.37. The van der Waals surface area contributed by atoms with Crippen molar-refractivity contribution >= 4 is 5.91 Å². The van der Waals surface area contributed by atoms with Gasteiger partial charge in [0.05, 0.1) is 13.7 Å². The molecule has 1 saturated heterocycles. The van der Waals surface area contributed by atoms with Crippen molar-refractivity contribution in [3.8, 4) is 16.9 Å². The number of carbonyl (C=O) groups is 1. The highest BCUT2D eigenvalue weighted by Gasteiger charge is 2.25. The van der Waals surface area contributed by atoms with Gasteiger partial charge in [0.2, 0.25) is 5.91 Å². The maximum Gasteiger partial charge on any atom is 0.236 e. The molecule has 160 valence electrons. The van der Waals surface area contributed by atoms with E-state index in [1.54, 1.807) is 7.11 Å². The lowest BCUT2D eigenvalue weighted by Crippen LogP contribution is -2.53. The van der Waals surface area contributed by atoms with Crippen molar-refractivity contribution in [2.45, 2.75) is 32.9 Å². The van der Waals surface area contributed by atoms with E-state index >= 15 is 0 Å². The summed E-state index contributed by atoms with van der Waals surface area (Å²) < 4.78 is 5.26. The van der Waals surface area contributed by atoms with Gasteiger partial charge >= 0.3 is 0 Å². The number of ether oxygens (including phenoxy) is 1. The third-order valence-corrected chi connectivity index (χ3v) is 6.48. The number of fused-ring (bicyclic) bond motifs is 1. The Morgan fingerprint density at radius 1 is 0.933 bits per heavy atom. The van der Waals surface area contributed by atoms with E-state index in [4.69, 9.17) is 4.74 Å². The van der Waals surface area contributed by atoms with Crippen LogP contribution in [0.15, 0.2) is 42.5 Å². The van der Waals surface area contributed by atoms with Crippen molar-refractivity contribution in [2.75, 3.05) is 46.4 Å². The molecule has 0 bridgehead atoms. The standard InChI is InChI=1S/C25H33N3O2/c1-19(2)27-12-14-28(15-13-27)25(29)18-26-11-10-22-16-21(4-5-23(22)17-26)20-6-8-24(30-3)9-7-20/h4-9,16,19H,10-15,17-18H2,1-3H3. The minimum atomic E-state index is 0.275. The smallest absolute Gasteiger partial charge is 0.236 e. The maximum absolute atomic E-state index is 12.8. The minimum Gasteiger partial charge on any atom is -0.497 e. The first-order valence-electron chi connectivity index (χ1n) is 11.0. The van der Waals surface area contributed by atoms with Gasteiger partial charge in [0, 0.05) is 45.3 Å². The lowest BCUT2D eigenvalue weighted by Gasteiger charge is -2.38. The summed E-state index contributed by atoms with van der Waals surface area (Å²) in [6, 6.07) is 15.5. The number of benzene rings is 2. The number of hydrogen-bond donors (Lipinski definition) is 0. The second-order valence-corrected chi connectivity index (χ2v) is 8.68. The largest absolute Gasteiger partial charge is 0.497 e. The zero-order valence-electron chi connectivity index (χ0n) is 18.4. The van der Waals surface area contributed by atoms with Crippen LogP contribution in [0.5, 0.6) is 5.75 Å². The fraction of sp³-hybridized carbons (Fsp3) is 0.480. The summed E-state index contributed by atoms with van der Waals surface area (Å²) in [5, 5.41) is 0. The number of nitrogens with zero attached hydrogens (tertiary/aromatic N) is 3. The number of amides is 1. The van der Waals surface area contributed by atoms with Gasteiger partial charge in [-0.3, -0.25) is 14.6 Å². The molecule has 0 aromatic heterocycles. The molecule has 2 aliphatic heterocycles. The van der Waals surface area contributed by atoms with E-state index in [2.05, 4.69) is 54.0 Å². The first-order valence-corrected chi connectivity index (χ1v) is 11.0. The first kappa shape index (κ1) is 20.9. The molecule has 5 heteroatoms. The molecule has 5 nitrogen and oxygen atoms in total. The maximum atomic E-state index is 12.8. The molecule has 2 aromatic carbocycles. The van der Waals surface area contributed by atoms with E-state index in [0.717, 1.165) is 51.4 Å². The molecular weight excluding hydrogens is 374 g/mol. The van der Waals surface area contributed by atoms with Crippen LogP contribution in [0.1, 0.15) is 25.0 Å². The lowest BCUT2D eigenvalue weighted by atomic mass is 9.94. The summed E-state index contributed by atoms with van der Waals surface area (Å²) in [5.74, 6) is 1.15. The van der Waals surface area contributed by atoms with Gasteiger partial charge in [-0.25, -0.2) is 0 Å². The number of methoxy groups -OCH3 is 1. The molecule has 0 radical (unpaired) electrons. The molecule has 1 fully saturated rings. The van der Waals surface area contributed by atoms with Gasteiger partial charge in [0.1, 0.15) is 5.75 Å². The molecule has 0 spiro atoms. The lowest BCUT2D eigenvalue weighted by molar-refractivity contribution is -0.134. The third kappa shape index (κ3) is 4.68. The van der Waals surface area contributed by atoms with E-state index in [-0.39, 0.29) is 5.91 Å². The van der Waals surface area contributed by atoms with Crippen LogP contribution < -0.4 is 4.74 Å². The van der Waals surface area contributed by atoms with Gasteiger partial charge in [0.25, 0.3) is 0 Å². The van der Waals surface area contributed by atoms with Crippen LogP contribution >= 0.6 is 0 Å². The third-order valence-electron chi connectivity index (χ3n) is 6.48. The monoisotopic (exact) mass is 407 g/mol. The van der Waals surface area contributed by atoms with Crippen molar-refractivity contribution in [3.05, 3.63) is 53.6 Å². The van der Waals surface area contributed by atoms with E-state index in [1.165, 1.54) is 22.3 Å². The predicted octanol–water partition coefficient (Wildman–Crippen LogP) is 3.27. The Labute approximate surface area is 180 Å². The molecule has 0 saturated carbocycles. The summed E-state index contributed by atoms with van der Waals surface area (Å²) >= 11 is 0. The molecular formula is C25H33N3O2. The Morgan fingerprint density at radius 2 is 1.63 bits per heavy atom. The zero-order chi connectivity index (χ0) is 21.1. The van der Waals surface area contributed by atoms with Gasteiger partial charge in [-0.05, 0) is 54.7 Å². The number of piperazine rings is 1. The fourth-order valence-corrected chi connectivity index (χ4v) is 4.49. The molecule has 0 aliphatic carbocycles. The summed E-state index contributed by atoms with van der Waals surface area (Å²) in [4.78, 5) is 19.6. The summed E-state index contributed by atoms with van der Waals surface area (Å²) in [6.07, 6.45) is 0.994. The number of hydrogen-bond acceptors (Lipinski definition) is 4. The van der Waals surface area contributed by atoms with Gasteiger partial charge in [-0.2, -0.15) is 0 Å². The van der Waals surface area contributed by atoms with Crippen LogP contribution in [-0.2, 0) is 17.8 Å². The topological polar surface area (TPSA) is 36.0 Å². The van der Waals surface area contributed by atoms with E-state index < -0.39 is 0 Å². The highest BCUT2D eigenvalue weighted by Crippen LogP contribution is 2.27. The second kappa shape index (κ2) is 9.19. The fourth-order valence-electron chi connectivity index (χ4n) is 4.49. The summed E-state index contributed by atoms with van der Waals surface area (Å²) in [6.45, 7) is 10.5. The normalized spacial score (nSPS) is 17.8. The summed E-state index contributed by atoms with van der Waals surface area (Å²) in [5.41, 5.74) is 5.19. The van der Waals surface area contributed by atoms with Gasteiger partial charge in [0.15, 0.2) is 0 Å². The predicted molar refractivity (Wildman–Crippen MR) is 121 cm³/mol. The van der Waals surface area contributed by atoms with Crippen LogP contribution in [0, 0.1) is 0 Å². The Bertz CT molecular complexity index is 870. The molecule has 2 heterocycles. The summed E-state index contributed by atoms with van der Waals surface area (Å²) in [7, 11) is 1.69. The zero-order valence-corrected chi connectivity index (χ0v) is 18.4. The van der Waals surface area contributed by atoms with E-state index in [0.29, 0.717) is 12.6 Å². The van der Waals surface area contributed by atoms with Crippen molar-refractivity contribution in [1.29, 1.82) is 0 Å². The molecule has 2 aliphatic rings. The molecule has 0 N–H and O–H groups in total. The second-order valence-electron chi connectivity index (χ2n) is 8.68.